The monoisotopic (exact) mass is 251 g/mol. The summed E-state index contributed by atoms with van der Waals surface area (Å²) in [6.07, 6.45) is 4.02. The number of piperidine rings is 1. The normalized spacial score (nSPS) is 20.6. The van der Waals surface area contributed by atoms with Crippen LogP contribution >= 0.6 is 11.6 Å². The van der Waals surface area contributed by atoms with E-state index in [1.807, 2.05) is 0 Å². The smallest absolute Gasteiger partial charge is 0.0476 e. The molecule has 1 fully saturated rings. The zero-order valence-corrected chi connectivity index (χ0v) is 11.6. The molecule has 0 saturated carbocycles. The number of aryl methyl sites for hydroxylation is 1. The first-order valence-electron chi connectivity index (χ1n) is 6.65. The lowest BCUT2D eigenvalue weighted by Crippen LogP contribution is -2.35. The van der Waals surface area contributed by atoms with Crippen molar-refractivity contribution in [3.8, 4) is 0 Å². The van der Waals surface area contributed by atoms with Crippen molar-refractivity contribution in [3.05, 3.63) is 29.3 Å². The number of hydrogen-bond donors (Lipinski definition) is 0. The molecule has 0 N–H and O–H groups in total. The molecule has 1 aromatic carbocycles. The summed E-state index contributed by atoms with van der Waals surface area (Å²) in [5.41, 5.74) is 3.94. The topological polar surface area (TPSA) is 3.24 Å². The van der Waals surface area contributed by atoms with E-state index >= 15 is 0 Å². The maximum absolute atomic E-state index is 5.90. The van der Waals surface area contributed by atoms with Crippen molar-refractivity contribution < 1.29 is 0 Å². The SMILES string of the molecule is CCC1CCCN(c2ccc(CCl)c(C)c2)C1. The van der Waals surface area contributed by atoms with Crippen molar-refractivity contribution in [3.63, 3.8) is 0 Å². The second-order valence-electron chi connectivity index (χ2n) is 5.11. The predicted octanol–water partition coefficient (Wildman–Crippen LogP) is 4.36. The summed E-state index contributed by atoms with van der Waals surface area (Å²) in [7, 11) is 0. The molecule has 1 nitrogen and oxygen atoms in total. The number of nitrogens with zero attached hydrogens (tertiary/aromatic N) is 1. The molecule has 1 atom stereocenters. The summed E-state index contributed by atoms with van der Waals surface area (Å²) in [5, 5.41) is 0. The Balaban J connectivity index is 2.13. The summed E-state index contributed by atoms with van der Waals surface area (Å²) in [6.45, 7) is 6.88. The Labute approximate surface area is 110 Å². The van der Waals surface area contributed by atoms with Crippen molar-refractivity contribution in [1.82, 2.24) is 0 Å². The molecule has 2 heteroatoms. The summed E-state index contributed by atoms with van der Waals surface area (Å²) >= 11 is 5.90. The van der Waals surface area contributed by atoms with Crippen molar-refractivity contribution in [2.45, 2.75) is 39.0 Å². The maximum Gasteiger partial charge on any atom is 0.0476 e. The molecular formula is C15H22ClN. The van der Waals surface area contributed by atoms with Crippen LogP contribution in [0, 0.1) is 12.8 Å². The van der Waals surface area contributed by atoms with E-state index in [0.29, 0.717) is 5.88 Å². The standard InChI is InChI=1S/C15H22ClN/c1-3-13-5-4-8-17(11-13)15-7-6-14(10-16)12(2)9-15/h6-7,9,13H,3-5,8,10-11H2,1-2H3. The predicted molar refractivity (Wildman–Crippen MR) is 76.0 cm³/mol. The van der Waals surface area contributed by atoms with Crippen LogP contribution in [0.15, 0.2) is 18.2 Å². The maximum atomic E-state index is 5.90. The molecule has 17 heavy (non-hydrogen) atoms. The van der Waals surface area contributed by atoms with E-state index in [1.165, 1.54) is 49.2 Å². The van der Waals surface area contributed by atoms with Crippen LogP contribution in [0.5, 0.6) is 0 Å². The van der Waals surface area contributed by atoms with Gasteiger partial charge in [-0.05, 0) is 48.9 Å². The van der Waals surface area contributed by atoms with Gasteiger partial charge >= 0.3 is 0 Å². The molecule has 0 radical (unpaired) electrons. The van der Waals surface area contributed by atoms with Gasteiger partial charge in [0.15, 0.2) is 0 Å². The van der Waals surface area contributed by atoms with Crippen LogP contribution in [0.25, 0.3) is 0 Å². The first-order chi connectivity index (χ1) is 8.24. The Morgan fingerprint density at radius 1 is 1.41 bits per heavy atom. The van der Waals surface area contributed by atoms with Crippen LogP contribution in [-0.4, -0.2) is 13.1 Å². The van der Waals surface area contributed by atoms with Crippen molar-refractivity contribution in [2.24, 2.45) is 5.92 Å². The Hall–Kier alpha value is -0.690. The summed E-state index contributed by atoms with van der Waals surface area (Å²) in [5.74, 6) is 1.49. The Morgan fingerprint density at radius 3 is 2.88 bits per heavy atom. The molecule has 0 bridgehead atoms. The first kappa shape index (κ1) is 12.8. The molecule has 0 aliphatic carbocycles. The third kappa shape index (κ3) is 2.95. The second kappa shape index (κ2) is 5.77. The van der Waals surface area contributed by atoms with E-state index in [2.05, 4.69) is 36.9 Å². The van der Waals surface area contributed by atoms with Crippen LogP contribution < -0.4 is 4.90 Å². The summed E-state index contributed by atoms with van der Waals surface area (Å²) in [4.78, 5) is 2.53. The zero-order chi connectivity index (χ0) is 12.3. The molecule has 1 aliphatic heterocycles. The largest absolute Gasteiger partial charge is 0.371 e. The molecule has 2 rings (SSSR count). The van der Waals surface area contributed by atoms with Crippen LogP contribution in [0.4, 0.5) is 5.69 Å². The van der Waals surface area contributed by atoms with Gasteiger partial charge in [0.05, 0.1) is 0 Å². The van der Waals surface area contributed by atoms with Crippen molar-refractivity contribution in [2.75, 3.05) is 18.0 Å². The number of halogens is 1. The number of anilines is 1. The van der Waals surface area contributed by atoms with E-state index in [9.17, 15) is 0 Å². The van der Waals surface area contributed by atoms with Gasteiger partial charge in [0, 0.05) is 24.7 Å². The highest BCUT2D eigenvalue weighted by Gasteiger charge is 2.18. The van der Waals surface area contributed by atoms with Crippen LogP contribution in [0.3, 0.4) is 0 Å². The number of benzene rings is 1. The highest BCUT2D eigenvalue weighted by Crippen LogP contribution is 2.26. The lowest BCUT2D eigenvalue weighted by Gasteiger charge is -2.34. The average molecular weight is 252 g/mol. The van der Waals surface area contributed by atoms with E-state index in [0.717, 1.165) is 5.92 Å². The fourth-order valence-corrected chi connectivity index (χ4v) is 2.96. The summed E-state index contributed by atoms with van der Waals surface area (Å²) in [6, 6.07) is 6.69. The van der Waals surface area contributed by atoms with Crippen LogP contribution in [-0.2, 0) is 5.88 Å². The van der Waals surface area contributed by atoms with Gasteiger partial charge in [-0.1, -0.05) is 19.4 Å². The highest BCUT2D eigenvalue weighted by atomic mass is 35.5. The molecule has 1 unspecified atom stereocenters. The van der Waals surface area contributed by atoms with Gasteiger partial charge in [-0.15, -0.1) is 11.6 Å². The molecule has 0 amide bonds. The third-order valence-electron chi connectivity index (χ3n) is 3.93. The first-order valence-corrected chi connectivity index (χ1v) is 7.18. The van der Waals surface area contributed by atoms with E-state index < -0.39 is 0 Å². The fourth-order valence-electron chi connectivity index (χ4n) is 2.66. The Bertz CT molecular complexity index is 375. The lowest BCUT2D eigenvalue weighted by molar-refractivity contribution is 0.404. The number of hydrogen-bond acceptors (Lipinski definition) is 1. The minimum Gasteiger partial charge on any atom is -0.371 e. The summed E-state index contributed by atoms with van der Waals surface area (Å²) < 4.78 is 0. The van der Waals surface area contributed by atoms with E-state index in [4.69, 9.17) is 11.6 Å². The molecule has 0 aromatic heterocycles. The van der Waals surface area contributed by atoms with Gasteiger partial charge < -0.3 is 4.90 Å². The molecule has 1 saturated heterocycles. The number of rotatable bonds is 3. The lowest BCUT2D eigenvalue weighted by atomic mass is 9.95. The van der Waals surface area contributed by atoms with E-state index in [-0.39, 0.29) is 0 Å². The molecule has 1 aliphatic rings. The molecule has 94 valence electrons. The van der Waals surface area contributed by atoms with Gasteiger partial charge in [0.2, 0.25) is 0 Å². The molecular weight excluding hydrogens is 230 g/mol. The molecule has 0 spiro atoms. The quantitative estimate of drug-likeness (QED) is 0.722. The fraction of sp³-hybridized carbons (Fsp3) is 0.600. The second-order valence-corrected chi connectivity index (χ2v) is 5.37. The van der Waals surface area contributed by atoms with Crippen LogP contribution in [0.1, 0.15) is 37.3 Å². The van der Waals surface area contributed by atoms with Crippen LogP contribution in [0.2, 0.25) is 0 Å². The van der Waals surface area contributed by atoms with Gasteiger partial charge in [-0.2, -0.15) is 0 Å². The minimum absolute atomic E-state index is 0.615. The third-order valence-corrected chi connectivity index (χ3v) is 4.22. The number of alkyl halides is 1. The molecule has 1 aromatic rings. The van der Waals surface area contributed by atoms with Gasteiger partial charge in [-0.3, -0.25) is 0 Å². The van der Waals surface area contributed by atoms with Crippen molar-refractivity contribution >= 4 is 17.3 Å². The minimum atomic E-state index is 0.615. The average Bonchev–Trinajstić information content (AvgIpc) is 2.38. The molecule has 1 heterocycles. The van der Waals surface area contributed by atoms with Gasteiger partial charge in [-0.25, -0.2) is 0 Å². The van der Waals surface area contributed by atoms with Gasteiger partial charge in [0.25, 0.3) is 0 Å². The van der Waals surface area contributed by atoms with Crippen molar-refractivity contribution in [1.29, 1.82) is 0 Å². The highest BCUT2D eigenvalue weighted by molar-refractivity contribution is 6.17. The Kier molecular flexibility index (Phi) is 4.33. The van der Waals surface area contributed by atoms with Gasteiger partial charge in [0.1, 0.15) is 0 Å². The van der Waals surface area contributed by atoms with E-state index in [1.54, 1.807) is 0 Å². The zero-order valence-electron chi connectivity index (χ0n) is 10.9. The Morgan fingerprint density at radius 2 is 2.24 bits per heavy atom.